The number of aromatic nitrogens is 1. The summed E-state index contributed by atoms with van der Waals surface area (Å²) in [4.78, 5) is 14.7. The van der Waals surface area contributed by atoms with Crippen LogP contribution >= 0.6 is 0 Å². The number of nitrogens with one attached hydrogen (secondary N) is 1. The van der Waals surface area contributed by atoms with Crippen LogP contribution in [0, 0.1) is 15.9 Å². The van der Waals surface area contributed by atoms with Crippen LogP contribution in [0.3, 0.4) is 0 Å². The van der Waals surface area contributed by atoms with Gasteiger partial charge in [0.25, 0.3) is 5.69 Å². The van der Waals surface area contributed by atoms with E-state index in [1.807, 2.05) is 13.8 Å². The molecule has 0 spiro atoms. The molecule has 1 N–H and O–H groups in total. The molecule has 0 fully saturated rings. The Kier molecular flexibility index (Phi) is 4.12. The third-order valence-corrected chi connectivity index (χ3v) is 3.00. The average Bonchev–Trinajstić information content (AvgIpc) is 2.39. The standard InChI is InChI=1S/C14H16FN3O2/c1-3-5-9-6-10-7-11(15)8-12(18(19)20)13(10)17-14(9)16-4-2/h6-8H,3-5H2,1-2H3,(H,16,17). The van der Waals surface area contributed by atoms with Gasteiger partial charge in [-0.15, -0.1) is 0 Å². The van der Waals surface area contributed by atoms with Gasteiger partial charge in [0.05, 0.1) is 11.0 Å². The van der Waals surface area contributed by atoms with E-state index in [9.17, 15) is 14.5 Å². The molecule has 5 nitrogen and oxygen atoms in total. The molecule has 1 aromatic heterocycles. The first-order valence-corrected chi connectivity index (χ1v) is 6.58. The minimum atomic E-state index is -0.621. The SMILES string of the molecule is CCCc1cc2cc(F)cc([N+](=O)[O-])c2nc1NCC. The van der Waals surface area contributed by atoms with Gasteiger partial charge in [0.15, 0.2) is 5.52 Å². The fourth-order valence-corrected chi connectivity index (χ4v) is 2.20. The summed E-state index contributed by atoms with van der Waals surface area (Å²) in [5, 5.41) is 14.6. The van der Waals surface area contributed by atoms with Crippen molar-refractivity contribution in [2.75, 3.05) is 11.9 Å². The van der Waals surface area contributed by atoms with Gasteiger partial charge >= 0.3 is 0 Å². The Labute approximate surface area is 116 Å². The minimum Gasteiger partial charge on any atom is -0.370 e. The molecule has 0 aliphatic heterocycles. The lowest BCUT2D eigenvalue weighted by molar-refractivity contribution is -0.383. The molecule has 1 aromatic carbocycles. The summed E-state index contributed by atoms with van der Waals surface area (Å²) in [5.41, 5.74) is 0.858. The molecule has 0 amide bonds. The molecule has 106 valence electrons. The number of fused-ring (bicyclic) bond motifs is 1. The van der Waals surface area contributed by atoms with Crippen molar-refractivity contribution in [3.8, 4) is 0 Å². The molecule has 2 rings (SSSR count). The molecule has 1 heterocycles. The maximum absolute atomic E-state index is 13.5. The Morgan fingerprint density at radius 3 is 2.70 bits per heavy atom. The van der Waals surface area contributed by atoms with Gasteiger partial charge in [-0.25, -0.2) is 9.37 Å². The van der Waals surface area contributed by atoms with E-state index in [0.29, 0.717) is 17.7 Å². The van der Waals surface area contributed by atoms with Gasteiger partial charge in [-0.2, -0.15) is 0 Å². The second kappa shape index (κ2) is 5.81. The van der Waals surface area contributed by atoms with Crippen LogP contribution in [0.1, 0.15) is 25.8 Å². The Hall–Kier alpha value is -2.24. The molecule has 0 bridgehead atoms. The molecule has 20 heavy (non-hydrogen) atoms. The summed E-state index contributed by atoms with van der Waals surface area (Å²) in [7, 11) is 0. The molecular weight excluding hydrogens is 261 g/mol. The highest BCUT2D eigenvalue weighted by molar-refractivity contribution is 5.89. The molecule has 0 radical (unpaired) electrons. The van der Waals surface area contributed by atoms with Gasteiger partial charge < -0.3 is 5.32 Å². The normalized spacial score (nSPS) is 10.8. The molecule has 0 atom stereocenters. The molecule has 0 unspecified atom stereocenters. The number of pyridine rings is 1. The summed E-state index contributed by atoms with van der Waals surface area (Å²) in [5.74, 6) is 0.0150. The van der Waals surface area contributed by atoms with Gasteiger partial charge in [0, 0.05) is 11.9 Å². The number of hydrogen-bond acceptors (Lipinski definition) is 4. The predicted octanol–water partition coefficient (Wildman–Crippen LogP) is 3.67. The van der Waals surface area contributed by atoms with E-state index < -0.39 is 10.7 Å². The summed E-state index contributed by atoms with van der Waals surface area (Å²) >= 11 is 0. The summed E-state index contributed by atoms with van der Waals surface area (Å²) in [6.45, 7) is 4.64. The third kappa shape index (κ3) is 2.68. The predicted molar refractivity (Wildman–Crippen MR) is 76.5 cm³/mol. The van der Waals surface area contributed by atoms with Crippen molar-refractivity contribution in [3.05, 3.63) is 39.7 Å². The first-order chi connectivity index (χ1) is 9.56. The van der Waals surface area contributed by atoms with Crippen molar-refractivity contribution < 1.29 is 9.31 Å². The first-order valence-electron chi connectivity index (χ1n) is 6.58. The van der Waals surface area contributed by atoms with E-state index >= 15 is 0 Å². The van der Waals surface area contributed by atoms with E-state index in [1.54, 1.807) is 6.07 Å². The third-order valence-electron chi connectivity index (χ3n) is 3.00. The van der Waals surface area contributed by atoms with Crippen LogP contribution in [-0.2, 0) is 6.42 Å². The number of aryl methyl sites for hydroxylation is 1. The van der Waals surface area contributed by atoms with Crippen LogP contribution in [0.15, 0.2) is 18.2 Å². The van der Waals surface area contributed by atoms with Crippen LogP contribution in [0.25, 0.3) is 10.9 Å². The molecule has 0 saturated carbocycles. The Bertz CT molecular complexity index is 658. The summed E-state index contributed by atoms with van der Waals surface area (Å²) in [6, 6.07) is 3.97. The number of anilines is 1. The Morgan fingerprint density at radius 2 is 2.10 bits per heavy atom. The lowest BCUT2D eigenvalue weighted by atomic mass is 10.1. The topological polar surface area (TPSA) is 68.1 Å². The van der Waals surface area contributed by atoms with Crippen molar-refractivity contribution in [2.24, 2.45) is 0 Å². The van der Waals surface area contributed by atoms with Gasteiger partial charge in [0.1, 0.15) is 11.6 Å². The molecule has 0 saturated heterocycles. The molecular formula is C14H16FN3O2. The van der Waals surface area contributed by atoms with Gasteiger partial charge in [-0.1, -0.05) is 13.3 Å². The fourth-order valence-electron chi connectivity index (χ4n) is 2.20. The van der Waals surface area contributed by atoms with Crippen molar-refractivity contribution >= 4 is 22.4 Å². The number of benzene rings is 1. The number of nitro groups is 1. The molecule has 0 aliphatic rings. The number of non-ortho nitro benzene ring substituents is 1. The minimum absolute atomic E-state index is 0.215. The zero-order valence-electron chi connectivity index (χ0n) is 11.4. The van der Waals surface area contributed by atoms with E-state index in [-0.39, 0.29) is 11.2 Å². The zero-order chi connectivity index (χ0) is 14.7. The number of nitro benzene ring substituents is 1. The first kappa shape index (κ1) is 14.2. The highest BCUT2D eigenvalue weighted by Gasteiger charge is 2.17. The second-order valence-electron chi connectivity index (χ2n) is 4.53. The van der Waals surface area contributed by atoms with Crippen LogP contribution in [0.2, 0.25) is 0 Å². The lowest BCUT2D eigenvalue weighted by Gasteiger charge is -2.11. The van der Waals surface area contributed by atoms with Gasteiger partial charge in [-0.05, 0) is 31.0 Å². The van der Waals surface area contributed by atoms with Crippen molar-refractivity contribution in [3.63, 3.8) is 0 Å². The maximum atomic E-state index is 13.5. The van der Waals surface area contributed by atoms with E-state index in [1.165, 1.54) is 6.07 Å². The van der Waals surface area contributed by atoms with Crippen molar-refractivity contribution in [2.45, 2.75) is 26.7 Å². The van der Waals surface area contributed by atoms with Gasteiger partial charge in [0.2, 0.25) is 0 Å². The Balaban J connectivity index is 2.72. The number of halogens is 1. The van der Waals surface area contributed by atoms with E-state index in [0.717, 1.165) is 24.5 Å². The quantitative estimate of drug-likeness (QED) is 0.668. The molecule has 6 heteroatoms. The smallest absolute Gasteiger partial charge is 0.298 e. The molecule has 0 aliphatic carbocycles. The van der Waals surface area contributed by atoms with E-state index in [4.69, 9.17) is 0 Å². The van der Waals surface area contributed by atoms with Crippen LogP contribution in [0.4, 0.5) is 15.9 Å². The average molecular weight is 277 g/mol. The number of nitrogens with zero attached hydrogens (tertiary/aromatic N) is 2. The Morgan fingerprint density at radius 1 is 1.35 bits per heavy atom. The zero-order valence-corrected chi connectivity index (χ0v) is 11.4. The fraction of sp³-hybridized carbons (Fsp3) is 0.357. The van der Waals surface area contributed by atoms with Crippen LogP contribution in [-0.4, -0.2) is 16.5 Å². The summed E-state index contributed by atoms with van der Waals surface area (Å²) < 4.78 is 13.5. The van der Waals surface area contributed by atoms with Crippen LogP contribution in [0.5, 0.6) is 0 Å². The largest absolute Gasteiger partial charge is 0.370 e. The van der Waals surface area contributed by atoms with Crippen molar-refractivity contribution in [1.82, 2.24) is 4.98 Å². The monoisotopic (exact) mass is 277 g/mol. The number of rotatable bonds is 5. The van der Waals surface area contributed by atoms with Gasteiger partial charge in [-0.3, -0.25) is 10.1 Å². The highest BCUT2D eigenvalue weighted by atomic mass is 19.1. The summed E-state index contributed by atoms with van der Waals surface area (Å²) in [6.07, 6.45) is 1.71. The lowest BCUT2D eigenvalue weighted by Crippen LogP contribution is -2.05. The second-order valence-corrected chi connectivity index (χ2v) is 4.53. The van der Waals surface area contributed by atoms with Crippen molar-refractivity contribution in [1.29, 1.82) is 0 Å². The van der Waals surface area contributed by atoms with Crippen LogP contribution < -0.4 is 5.32 Å². The van der Waals surface area contributed by atoms with E-state index in [2.05, 4.69) is 10.3 Å². The number of hydrogen-bond donors (Lipinski definition) is 1. The maximum Gasteiger partial charge on any atom is 0.298 e. The highest BCUT2D eigenvalue weighted by Crippen LogP contribution is 2.29. The molecule has 2 aromatic rings.